The van der Waals surface area contributed by atoms with Crippen LogP contribution in [0.2, 0.25) is 0 Å². The summed E-state index contributed by atoms with van der Waals surface area (Å²) in [4.78, 5) is 29.7. The zero-order valence-electron chi connectivity index (χ0n) is 14.9. The maximum Gasteiger partial charge on any atom is 0.269 e. The Kier molecular flexibility index (Phi) is 6.20. The van der Waals surface area contributed by atoms with Crippen LogP contribution in [0.15, 0.2) is 47.2 Å². The average Bonchev–Trinajstić information content (AvgIpc) is 3.31. The molecule has 0 aliphatic rings. The molecular formula is C19H19N3O3S2. The molecule has 0 saturated carbocycles. The fourth-order valence-electron chi connectivity index (χ4n) is 2.27. The second-order valence-electron chi connectivity index (χ2n) is 5.99. The first kappa shape index (κ1) is 19.1. The number of hydrogen-bond acceptors (Lipinski definition) is 6. The molecule has 0 aliphatic heterocycles. The summed E-state index contributed by atoms with van der Waals surface area (Å²) >= 11 is 3.10. The number of aromatic nitrogens is 1. The maximum atomic E-state index is 12.1. The summed E-state index contributed by atoms with van der Waals surface area (Å²) in [6.07, 6.45) is 0.165. The van der Waals surface area contributed by atoms with Crippen molar-refractivity contribution in [3.05, 3.63) is 58.4 Å². The van der Waals surface area contributed by atoms with Gasteiger partial charge >= 0.3 is 0 Å². The quantitative estimate of drug-likeness (QED) is 0.618. The minimum absolute atomic E-state index is 0.0648. The third-order valence-electron chi connectivity index (χ3n) is 3.43. The highest BCUT2D eigenvalue weighted by molar-refractivity contribution is 7.20. The summed E-state index contributed by atoms with van der Waals surface area (Å²) in [7, 11) is 0. The van der Waals surface area contributed by atoms with Crippen molar-refractivity contribution < 1.29 is 14.3 Å². The number of nitrogens with zero attached hydrogens (tertiary/aromatic N) is 1. The van der Waals surface area contributed by atoms with E-state index in [9.17, 15) is 9.59 Å². The molecule has 8 heteroatoms. The molecule has 0 spiro atoms. The molecule has 2 aromatic heterocycles. The molecule has 1 aromatic carbocycles. The average molecular weight is 402 g/mol. The van der Waals surface area contributed by atoms with Gasteiger partial charge in [-0.1, -0.05) is 6.07 Å². The third kappa shape index (κ3) is 5.38. The summed E-state index contributed by atoms with van der Waals surface area (Å²) in [6, 6.07) is 10.7. The summed E-state index contributed by atoms with van der Waals surface area (Å²) in [5.41, 5.74) is 5.93. The maximum absolute atomic E-state index is 12.1. The molecule has 0 atom stereocenters. The van der Waals surface area contributed by atoms with Crippen molar-refractivity contribution in [3.63, 3.8) is 0 Å². The van der Waals surface area contributed by atoms with Gasteiger partial charge in [0, 0.05) is 10.9 Å². The lowest BCUT2D eigenvalue weighted by molar-refractivity contribution is -0.121. The van der Waals surface area contributed by atoms with Gasteiger partial charge in [-0.25, -0.2) is 4.98 Å². The van der Waals surface area contributed by atoms with Crippen LogP contribution in [-0.2, 0) is 11.2 Å². The lowest BCUT2D eigenvalue weighted by Crippen LogP contribution is -2.42. The molecule has 3 rings (SSSR count). The first-order valence-electron chi connectivity index (χ1n) is 8.35. The fraction of sp³-hybridized carbons (Fsp3) is 0.211. The van der Waals surface area contributed by atoms with E-state index >= 15 is 0 Å². The zero-order chi connectivity index (χ0) is 19.2. The van der Waals surface area contributed by atoms with E-state index in [-0.39, 0.29) is 18.4 Å². The van der Waals surface area contributed by atoms with Gasteiger partial charge in [-0.3, -0.25) is 20.4 Å². The Morgan fingerprint density at radius 1 is 1.11 bits per heavy atom. The fourth-order valence-corrected chi connectivity index (χ4v) is 3.90. The van der Waals surface area contributed by atoms with Crippen LogP contribution in [0.4, 0.5) is 0 Å². The van der Waals surface area contributed by atoms with Crippen LogP contribution in [0.1, 0.15) is 29.9 Å². The second kappa shape index (κ2) is 8.79. The highest BCUT2D eigenvalue weighted by Gasteiger charge is 2.11. The number of thiazole rings is 1. The van der Waals surface area contributed by atoms with Gasteiger partial charge in [0.1, 0.15) is 10.8 Å². The van der Waals surface area contributed by atoms with Gasteiger partial charge in [0.25, 0.3) is 5.91 Å². The van der Waals surface area contributed by atoms with Crippen LogP contribution in [0.3, 0.4) is 0 Å². The van der Waals surface area contributed by atoms with E-state index in [1.807, 2.05) is 36.7 Å². The Labute approximate surface area is 165 Å². The van der Waals surface area contributed by atoms with Gasteiger partial charge in [0.15, 0.2) is 0 Å². The number of hydrogen-bond donors (Lipinski definition) is 2. The van der Waals surface area contributed by atoms with E-state index in [2.05, 4.69) is 15.8 Å². The number of carbonyl (C=O) groups is 2. The molecule has 3 aromatic rings. The van der Waals surface area contributed by atoms with Crippen LogP contribution < -0.4 is 15.6 Å². The van der Waals surface area contributed by atoms with Crippen molar-refractivity contribution in [2.75, 3.05) is 0 Å². The number of rotatable bonds is 6. The molecule has 0 unspecified atom stereocenters. The summed E-state index contributed by atoms with van der Waals surface area (Å²) in [6.45, 7) is 3.86. The van der Waals surface area contributed by atoms with Crippen molar-refractivity contribution in [2.24, 2.45) is 0 Å². The molecule has 0 aliphatic carbocycles. The first-order valence-corrected chi connectivity index (χ1v) is 10.1. The topological polar surface area (TPSA) is 80.3 Å². The van der Waals surface area contributed by atoms with Gasteiger partial charge in [-0.2, -0.15) is 0 Å². The van der Waals surface area contributed by atoms with Crippen molar-refractivity contribution in [3.8, 4) is 15.6 Å². The zero-order valence-corrected chi connectivity index (χ0v) is 16.5. The van der Waals surface area contributed by atoms with Gasteiger partial charge in [0.05, 0.1) is 23.1 Å². The predicted molar refractivity (Wildman–Crippen MR) is 107 cm³/mol. The highest BCUT2D eigenvalue weighted by atomic mass is 32.1. The molecule has 2 heterocycles. The Morgan fingerprint density at radius 2 is 1.89 bits per heavy atom. The minimum Gasteiger partial charge on any atom is -0.491 e. The molecule has 0 radical (unpaired) electrons. The minimum atomic E-state index is -0.392. The van der Waals surface area contributed by atoms with Crippen LogP contribution in [0.25, 0.3) is 9.88 Å². The molecular weight excluding hydrogens is 382 g/mol. The molecule has 6 nitrogen and oxygen atoms in total. The number of benzene rings is 1. The van der Waals surface area contributed by atoms with Crippen molar-refractivity contribution in [2.45, 2.75) is 26.4 Å². The summed E-state index contributed by atoms with van der Waals surface area (Å²) in [5, 5.41) is 4.73. The Hall–Kier alpha value is -2.71. The molecule has 2 N–H and O–H groups in total. The van der Waals surface area contributed by atoms with Crippen molar-refractivity contribution >= 4 is 34.5 Å². The Morgan fingerprint density at radius 3 is 2.56 bits per heavy atom. The third-order valence-corrected chi connectivity index (χ3v) is 5.36. The number of nitrogens with one attached hydrogen (secondary N) is 2. The molecule has 140 valence electrons. The molecule has 0 bridgehead atoms. The van der Waals surface area contributed by atoms with E-state index in [1.54, 1.807) is 35.6 Å². The molecule has 0 fully saturated rings. The number of amides is 2. The number of carbonyl (C=O) groups excluding carboxylic acids is 2. The van der Waals surface area contributed by atoms with E-state index in [0.29, 0.717) is 17.0 Å². The van der Waals surface area contributed by atoms with E-state index in [1.165, 1.54) is 11.3 Å². The normalized spacial score (nSPS) is 10.6. The van der Waals surface area contributed by atoms with Gasteiger partial charge in [0.2, 0.25) is 5.91 Å². The largest absolute Gasteiger partial charge is 0.491 e. The summed E-state index contributed by atoms with van der Waals surface area (Å²) < 4.78 is 5.54. The lowest BCUT2D eigenvalue weighted by Gasteiger charge is -2.10. The molecule has 2 amide bonds. The standard InChI is InChI=1S/C19H19N3O3S2/c1-12(2)25-15-7-5-13(6-8-15)18(24)22-21-17(23)10-14-11-27-19(20-14)16-4-3-9-26-16/h3-9,11-12H,10H2,1-2H3,(H,21,23)(H,22,24). The first-order chi connectivity index (χ1) is 13.0. The Balaban J connectivity index is 1.49. The SMILES string of the molecule is CC(C)Oc1ccc(C(=O)NNC(=O)Cc2csc(-c3cccs3)n2)cc1. The van der Waals surface area contributed by atoms with Gasteiger partial charge in [-0.15, -0.1) is 22.7 Å². The van der Waals surface area contributed by atoms with E-state index in [4.69, 9.17) is 4.74 Å². The smallest absolute Gasteiger partial charge is 0.269 e. The highest BCUT2D eigenvalue weighted by Crippen LogP contribution is 2.27. The van der Waals surface area contributed by atoms with Crippen LogP contribution in [0.5, 0.6) is 5.75 Å². The van der Waals surface area contributed by atoms with Crippen LogP contribution >= 0.6 is 22.7 Å². The summed E-state index contributed by atoms with van der Waals surface area (Å²) in [5.74, 6) is -0.0289. The molecule has 0 saturated heterocycles. The van der Waals surface area contributed by atoms with Crippen molar-refractivity contribution in [1.29, 1.82) is 0 Å². The van der Waals surface area contributed by atoms with E-state index in [0.717, 1.165) is 9.88 Å². The monoisotopic (exact) mass is 401 g/mol. The number of hydrazine groups is 1. The lowest BCUT2D eigenvalue weighted by atomic mass is 10.2. The van der Waals surface area contributed by atoms with Gasteiger partial charge in [-0.05, 0) is 49.6 Å². The Bertz CT molecular complexity index is 903. The second-order valence-corrected chi connectivity index (χ2v) is 7.80. The van der Waals surface area contributed by atoms with Crippen LogP contribution in [0, 0.1) is 0 Å². The predicted octanol–water partition coefficient (Wildman–Crippen LogP) is 3.66. The number of ether oxygens (including phenoxy) is 1. The van der Waals surface area contributed by atoms with Crippen molar-refractivity contribution in [1.82, 2.24) is 15.8 Å². The number of thiophene rings is 1. The molecule has 27 heavy (non-hydrogen) atoms. The van der Waals surface area contributed by atoms with Gasteiger partial charge < -0.3 is 4.74 Å². The van der Waals surface area contributed by atoms with E-state index < -0.39 is 5.91 Å². The van der Waals surface area contributed by atoms with Crippen LogP contribution in [-0.4, -0.2) is 22.9 Å².